The van der Waals surface area contributed by atoms with E-state index in [1.807, 2.05) is 121 Å². The van der Waals surface area contributed by atoms with E-state index in [4.69, 9.17) is 9.98 Å². The Morgan fingerprint density at radius 1 is 0.326 bits per heavy atom. The third-order valence-corrected chi connectivity index (χ3v) is 7.09. The first-order valence-corrected chi connectivity index (χ1v) is 14.9. The van der Waals surface area contributed by atoms with Crippen LogP contribution in [0.2, 0.25) is 0 Å². The third kappa shape index (κ3) is 7.64. The number of aliphatic imine (C=N–C) groups is 2. The highest BCUT2D eigenvalue weighted by molar-refractivity contribution is 6.00. The highest BCUT2D eigenvalue weighted by Crippen LogP contribution is 2.24. The summed E-state index contributed by atoms with van der Waals surface area (Å²) in [6.07, 6.45) is 0. The zero-order chi connectivity index (χ0) is 31.2. The van der Waals surface area contributed by atoms with Crippen molar-refractivity contribution >= 4 is 34.3 Å². The van der Waals surface area contributed by atoms with E-state index >= 15 is 0 Å². The van der Waals surface area contributed by atoms with Gasteiger partial charge >= 0.3 is 0 Å². The summed E-state index contributed by atoms with van der Waals surface area (Å²) in [5.41, 5.74) is 9.01. The minimum atomic E-state index is 0.727. The van der Waals surface area contributed by atoms with Gasteiger partial charge in [0.15, 0.2) is 0 Å². The van der Waals surface area contributed by atoms with Gasteiger partial charge in [0.1, 0.15) is 0 Å². The van der Waals surface area contributed by atoms with Crippen molar-refractivity contribution in [2.75, 3.05) is 0 Å². The first-order chi connectivity index (χ1) is 22.8. The summed E-state index contributed by atoms with van der Waals surface area (Å²) >= 11 is 0. The number of para-hydroxylation sites is 2. The second-order valence-electron chi connectivity index (χ2n) is 10.2. The summed E-state index contributed by atoms with van der Waals surface area (Å²) in [5, 5.41) is 0. The molecule has 46 heavy (non-hydrogen) atoms. The Bertz CT molecular complexity index is 1950. The van der Waals surface area contributed by atoms with Gasteiger partial charge in [-0.25, -0.2) is 9.98 Å². The van der Waals surface area contributed by atoms with Crippen LogP contribution in [0.4, 0.5) is 11.4 Å². The summed E-state index contributed by atoms with van der Waals surface area (Å²) in [7, 11) is 0. The molecule has 6 aromatic rings. The Balaban J connectivity index is 1.32. The van der Waals surface area contributed by atoms with E-state index in [2.05, 4.69) is 84.0 Å². The van der Waals surface area contributed by atoms with Gasteiger partial charge in [0.25, 0.3) is 0 Å². The van der Waals surface area contributed by atoms with E-state index < -0.39 is 0 Å². The van der Waals surface area contributed by atoms with Gasteiger partial charge in [0.2, 0.25) is 0 Å². The van der Waals surface area contributed by atoms with Crippen LogP contribution < -0.4 is 0 Å². The molecule has 0 heterocycles. The molecular formula is C44H28N2. The van der Waals surface area contributed by atoms with Gasteiger partial charge in [-0.3, -0.25) is 0 Å². The molecule has 2 nitrogen and oxygen atoms in total. The fraction of sp³-hybridized carbons (Fsp3) is 0. The van der Waals surface area contributed by atoms with E-state index in [-0.39, 0.29) is 0 Å². The first-order valence-electron chi connectivity index (χ1n) is 14.9. The molecule has 0 atom stereocenters. The quantitative estimate of drug-likeness (QED) is 0.137. The topological polar surface area (TPSA) is 24.7 Å². The van der Waals surface area contributed by atoms with Gasteiger partial charge in [0, 0.05) is 0 Å². The third-order valence-electron chi connectivity index (χ3n) is 7.09. The molecule has 0 amide bonds. The van der Waals surface area contributed by atoms with Crippen molar-refractivity contribution in [3.05, 3.63) is 203 Å². The van der Waals surface area contributed by atoms with Crippen molar-refractivity contribution in [3.8, 4) is 23.7 Å². The van der Waals surface area contributed by atoms with Crippen LogP contribution in [0.5, 0.6) is 0 Å². The molecule has 0 fully saturated rings. The Morgan fingerprint density at radius 2 is 0.609 bits per heavy atom. The second-order valence-corrected chi connectivity index (χ2v) is 10.2. The Kier molecular flexibility index (Phi) is 9.71. The molecule has 0 aliphatic heterocycles. The molecule has 2 heteroatoms. The average molecular weight is 585 g/mol. The summed E-state index contributed by atoms with van der Waals surface area (Å²) in [6, 6.07) is 56.2. The molecule has 0 spiro atoms. The SMILES string of the molecule is C(=Nc1ccccc1C#CC#Cc1ccccc1N=C=C(c1ccccc1)c1ccccc1)=C(c1ccccc1)c1ccccc1. The lowest BCUT2D eigenvalue weighted by molar-refractivity contribution is 1.50. The summed E-state index contributed by atoms with van der Waals surface area (Å²) < 4.78 is 0. The van der Waals surface area contributed by atoms with Gasteiger partial charge in [-0.1, -0.05) is 157 Å². The number of benzene rings is 6. The summed E-state index contributed by atoms with van der Waals surface area (Å²) in [5.74, 6) is 19.0. The number of hydrogen-bond acceptors (Lipinski definition) is 2. The van der Waals surface area contributed by atoms with Crippen molar-refractivity contribution in [2.45, 2.75) is 0 Å². The van der Waals surface area contributed by atoms with Crippen LogP contribution in [0.3, 0.4) is 0 Å². The van der Waals surface area contributed by atoms with Crippen LogP contribution in [0.1, 0.15) is 33.4 Å². The molecule has 0 aromatic heterocycles. The van der Waals surface area contributed by atoms with Crippen molar-refractivity contribution in [1.82, 2.24) is 0 Å². The van der Waals surface area contributed by atoms with Gasteiger partial charge in [0.05, 0.1) is 33.6 Å². The lowest BCUT2D eigenvalue weighted by atomic mass is 9.99. The van der Waals surface area contributed by atoms with Gasteiger partial charge in [-0.15, -0.1) is 0 Å². The van der Waals surface area contributed by atoms with Crippen LogP contribution in [0.25, 0.3) is 11.1 Å². The minimum Gasteiger partial charge on any atom is -0.204 e. The molecule has 0 bridgehead atoms. The van der Waals surface area contributed by atoms with E-state index in [1.165, 1.54) is 0 Å². The predicted molar refractivity (Wildman–Crippen MR) is 192 cm³/mol. The van der Waals surface area contributed by atoms with E-state index in [9.17, 15) is 0 Å². The van der Waals surface area contributed by atoms with Crippen molar-refractivity contribution in [2.24, 2.45) is 9.98 Å². The number of rotatable bonds is 6. The molecule has 0 radical (unpaired) electrons. The van der Waals surface area contributed by atoms with Crippen LogP contribution in [0.15, 0.2) is 180 Å². The van der Waals surface area contributed by atoms with Gasteiger partial charge in [-0.05, 0) is 70.1 Å². The molecule has 0 aliphatic rings. The average Bonchev–Trinajstić information content (AvgIpc) is 3.13. The lowest BCUT2D eigenvalue weighted by Crippen LogP contribution is -1.88. The van der Waals surface area contributed by atoms with Crippen LogP contribution in [-0.4, -0.2) is 11.7 Å². The van der Waals surface area contributed by atoms with E-state index in [0.717, 1.165) is 55.9 Å². The highest BCUT2D eigenvalue weighted by Gasteiger charge is 2.06. The normalized spacial score (nSPS) is 9.65. The molecular weight excluding hydrogens is 556 g/mol. The molecule has 0 saturated heterocycles. The summed E-state index contributed by atoms with van der Waals surface area (Å²) in [4.78, 5) is 9.48. The smallest absolute Gasteiger partial charge is 0.0886 e. The fourth-order valence-electron chi connectivity index (χ4n) is 4.79. The Morgan fingerprint density at radius 3 is 0.935 bits per heavy atom. The zero-order valence-electron chi connectivity index (χ0n) is 25.1. The molecule has 214 valence electrons. The van der Waals surface area contributed by atoms with Crippen molar-refractivity contribution < 1.29 is 0 Å². The largest absolute Gasteiger partial charge is 0.204 e. The molecule has 6 aromatic carbocycles. The van der Waals surface area contributed by atoms with E-state index in [0.29, 0.717) is 0 Å². The molecule has 6 rings (SSSR count). The van der Waals surface area contributed by atoms with Crippen LogP contribution in [-0.2, 0) is 0 Å². The number of hydrogen-bond donors (Lipinski definition) is 0. The van der Waals surface area contributed by atoms with E-state index in [1.54, 1.807) is 0 Å². The predicted octanol–water partition coefficient (Wildman–Crippen LogP) is 9.96. The molecule has 0 unspecified atom stereocenters. The monoisotopic (exact) mass is 584 g/mol. The fourth-order valence-corrected chi connectivity index (χ4v) is 4.79. The highest BCUT2D eigenvalue weighted by atomic mass is 14.7. The zero-order valence-corrected chi connectivity index (χ0v) is 25.1. The lowest BCUT2D eigenvalue weighted by Gasteiger charge is -2.04. The maximum atomic E-state index is 4.74. The van der Waals surface area contributed by atoms with Crippen LogP contribution >= 0.6 is 0 Å². The maximum absolute atomic E-state index is 4.74. The van der Waals surface area contributed by atoms with Crippen molar-refractivity contribution in [3.63, 3.8) is 0 Å². The first kappa shape index (κ1) is 29.4. The maximum Gasteiger partial charge on any atom is 0.0886 e. The minimum absolute atomic E-state index is 0.727. The number of nitrogens with zero attached hydrogens (tertiary/aromatic N) is 2. The second kappa shape index (κ2) is 15.2. The molecule has 0 N–H and O–H groups in total. The standard InChI is InChI=1S/C44H28N2/c1-5-19-35(20-6-1)41(36-21-7-2-8-22-36)33-45-43-31-17-15-29-39(43)27-13-14-28-40-30-16-18-32-44(40)46-34-42(37-23-9-3-10-24-37)38-25-11-4-12-26-38/h1-12,15-26,29-32H. The summed E-state index contributed by atoms with van der Waals surface area (Å²) in [6.45, 7) is 0. The molecule has 0 saturated carbocycles. The van der Waals surface area contributed by atoms with Crippen LogP contribution in [0, 0.1) is 23.7 Å². The Labute approximate surface area is 270 Å². The Hall–Kier alpha value is -6.66. The van der Waals surface area contributed by atoms with Crippen molar-refractivity contribution in [1.29, 1.82) is 0 Å². The van der Waals surface area contributed by atoms with Gasteiger partial charge < -0.3 is 0 Å². The molecule has 0 aliphatic carbocycles. The van der Waals surface area contributed by atoms with Gasteiger partial charge in [-0.2, -0.15) is 0 Å².